The van der Waals surface area contributed by atoms with Crippen LogP contribution in [0.15, 0.2) is 18.2 Å². The van der Waals surface area contributed by atoms with E-state index in [9.17, 15) is 9.59 Å². The molecule has 0 saturated heterocycles. The van der Waals surface area contributed by atoms with Gasteiger partial charge in [0, 0.05) is 6.04 Å². The fraction of sp³-hybridized carbons (Fsp3) is 0.621. The number of carboxylic acid groups (broad SMARTS) is 1. The van der Waals surface area contributed by atoms with Crippen LogP contribution in [-0.4, -0.2) is 28.0 Å². The van der Waals surface area contributed by atoms with E-state index in [1.807, 2.05) is 12.1 Å². The monoisotopic (exact) mass is 514 g/mol. The Kier molecular flexibility index (Phi) is 7.61. The fourth-order valence-corrected chi connectivity index (χ4v) is 6.18. The molecule has 0 atom stereocenters. The number of amides is 1. The molecule has 4 rings (SSSR count). The van der Waals surface area contributed by atoms with E-state index in [-0.39, 0.29) is 23.3 Å². The van der Waals surface area contributed by atoms with E-state index in [2.05, 4.69) is 32.2 Å². The topological polar surface area (TPSA) is 79.3 Å². The van der Waals surface area contributed by atoms with Gasteiger partial charge in [-0.15, -0.1) is 11.3 Å². The van der Waals surface area contributed by atoms with Crippen molar-refractivity contribution in [2.24, 2.45) is 11.8 Å². The first-order valence-corrected chi connectivity index (χ1v) is 14.0. The third-order valence-corrected chi connectivity index (χ3v) is 8.81. The van der Waals surface area contributed by atoms with Crippen molar-refractivity contribution >= 4 is 23.2 Å². The predicted molar refractivity (Wildman–Crippen MR) is 142 cm³/mol. The Morgan fingerprint density at radius 1 is 1.06 bits per heavy atom. The molecule has 2 N–H and O–H groups in total. The van der Waals surface area contributed by atoms with Gasteiger partial charge >= 0.3 is 5.97 Å². The zero-order chi connectivity index (χ0) is 26.3. The first-order valence-electron chi connectivity index (χ1n) is 13.2. The highest BCUT2D eigenvalue weighted by Gasteiger charge is 2.36. The van der Waals surface area contributed by atoms with Gasteiger partial charge in [0.2, 0.25) is 0 Å². The molecule has 1 aromatic carbocycles. The number of benzene rings is 1. The van der Waals surface area contributed by atoms with Crippen molar-refractivity contribution in [1.82, 2.24) is 10.3 Å². The molecule has 196 valence electrons. The molecule has 0 unspecified atom stereocenters. The third kappa shape index (κ3) is 6.16. The maximum Gasteiger partial charge on any atom is 0.306 e. The minimum atomic E-state index is -1.49. The van der Waals surface area contributed by atoms with Crippen LogP contribution in [0.2, 0.25) is 0 Å². The summed E-state index contributed by atoms with van der Waals surface area (Å²) in [6, 6.07) is 5.86. The lowest BCUT2D eigenvalue weighted by Gasteiger charge is -2.32. The van der Waals surface area contributed by atoms with Gasteiger partial charge in [-0.1, -0.05) is 58.9 Å². The second kappa shape index (κ2) is 10.2. The molecule has 2 aliphatic rings. The number of aliphatic carboxylic acids is 1. The summed E-state index contributed by atoms with van der Waals surface area (Å²) < 4.78 is 15.2. The van der Waals surface area contributed by atoms with Crippen molar-refractivity contribution in [3.05, 3.63) is 40.0 Å². The molecule has 2 aromatic rings. The summed E-state index contributed by atoms with van der Waals surface area (Å²) in [6.45, 7) is 9.53. The molecule has 1 heterocycles. The van der Waals surface area contributed by atoms with E-state index in [0.717, 1.165) is 28.1 Å². The molecule has 7 heteroatoms. The molecule has 5 nitrogen and oxygen atoms in total. The van der Waals surface area contributed by atoms with E-state index < -0.39 is 11.6 Å². The highest BCUT2D eigenvalue weighted by molar-refractivity contribution is 7.17. The lowest BCUT2D eigenvalue weighted by molar-refractivity contribution is -0.145. The van der Waals surface area contributed by atoms with Gasteiger partial charge in [-0.3, -0.25) is 9.59 Å². The Bertz CT molecular complexity index is 1080. The molecule has 2 fully saturated rings. The minimum absolute atomic E-state index is 0.129. The Morgan fingerprint density at radius 2 is 1.69 bits per heavy atom. The van der Waals surface area contributed by atoms with E-state index in [1.165, 1.54) is 43.4 Å². The second-order valence-corrected chi connectivity index (χ2v) is 13.2. The Hall–Kier alpha value is -2.28. The summed E-state index contributed by atoms with van der Waals surface area (Å²) in [4.78, 5) is 30.0. The molecular weight excluding hydrogens is 475 g/mol. The Balaban J connectivity index is 1.69. The van der Waals surface area contributed by atoms with E-state index in [4.69, 9.17) is 10.1 Å². The van der Waals surface area contributed by atoms with Gasteiger partial charge in [0.1, 0.15) is 5.67 Å². The zero-order valence-electron chi connectivity index (χ0n) is 22.1. The van der Waals surface area contributed by atoms with Gasteiger partial charge in [0.25, 0.3) is 5.91 Å². The Labute approximate surface area is 217 Å². The lowest BCUT2D eigenvalue weighted by Crippen LogP contribution is -2.46. The van der Waals surface area contributed by atoms with Crippen LogP contribution in [0.25, 0.3) is 10.4 Å². The number of halogens is 1. The van der Waals surface area contributed by atoms with Gasteiger partial charge < -0.3 is 10.4 Å². The second-order valence-electron chi connectivity index (χ2n) is 12.2. The number of hydrogen-bond donors (Lipinski definition) is 2. The molecule has 2 saturated carbocycles. The number of aromatic nitrogens is 1. The van der Waals surface area contributed by atoms with Gasteiger partial charge in [0.15, 0.2) is 5.01 Å². The number of alkyl halides is 1. The van der Waals surface area contributed by atoms with Gasteiger partial charge in [-0.2, -0.15) is 0 Å². The smallest absolute Gasteiger partial charge is 0.306 e. The van der Waals surface area contributed by atoms with E-state index in [1.54, 1.807) is 13.8 Å². The lowest BCUT2D eigenvalue weighted by atomic mass is 9.80. The van der Waals surface area contributed by atoms with Crippen LogP contribution in [0, 0.1) is 11.8 Å². The summed E-state index contributed by atoms with van der Waals surface area (Å²) in [6.07, 6.45) is 7.79. The van der Waals surface area contributed by atoms with Crippen LogP contribution >= 0.6 is 11.3 Å². The first kappa shape index (κ1) is 26.8. The molecule has 0 bridgehead atoms. The van der Waals surface area contributed by atoms with Gasteiger partial charge in [0.05, 0.1) is 16.5 Å². The van der Waals surface area contributed by atoms with E-state index >= 15 is 4.39 Å². The fourth-order valence-electron chi connectivity index (χ4n) is 5.20. The van der Waals surface area contributed by atoms with E-state index in [0.29, 0.717) is 29.3 Å². The molecular formula is C29H39FN2O3S. The average Bonchev–Trinajstić information content (AvgIpc) is 3.18. The third-order valence-electron chi connectivity index (χ3n) is 7.67. The number of rotatable bonds is 7. The first-order chi connectivity index (χ1) is 16.8. The summed E-state index contributed by atoms with van der Waals surface area (Å²) in [5.41, 5.74) is 1.87. The van der Waals surface area contributed by atoms with Crippen LogP contribution in [0.4, 0.5) is 4.39 Å². The summed E-state index contributed by atoms with van der Waals surface area (Å²) >= 11 is 1.37. The molecule has 0 aliphatic heterocycles. The number of hydrogen-bond acceptors (Lipinski definition) is 4. The summed E-state index contributed by atoms with van der Waals surface area (Å²) in [5.74, 6) is -0.895. The maximum absolute atomic E-state index is 15.2. The van der Waals surface area contributed by atoms with Gasteiger partial charge in [-0.25, -0.2) is 9.37 Å². The SMILES string of the molecule is CC(C)(C)c1cc(-c2sc(C(=O)N[C@H]3C[C@H](C(=O)O)C3)nc2CC2CCCCC2)cc(C(C)(C)F)c1. The zero-order valence-corrected chi connectivity index (χ0v) is 22.9. The largest absolute Gasteiger partial charge is 0.481 e. The number of thiazole rings is 1. The molecule has 36 heavy (non-hydrogen) atoms. The molecule has 1 aromatic heterocycles. The Morgan fingerprint density at radius 3 is 2.28 bits per heavy atom. The van der Waals surface area contributed by atoms with Crippen molar-refractivity contribution in [1.29, 1.82) is 0 Å². The van der Waals surface area contributed by atoms with Crippen molar-refractivity contribution in [3.63, 3.8) is 0 Å². The van der Waals surface area contributed by atoms with Crippen LogP contribution in [0.5, 0.6) is 0 Å². The normalized spacial score (nSPS) is 21.2. The van der Waals surface area contributed by atoms with Crippen LogP contribution in [-0.2, 0) is 22.3 Å². The van der Waals surface area contributed by atoms with Crippen molar-refractivity contribution in [2.45, 2.75) is 103 Å². The maximum atomic E-state index is 15.2. The molecule has 1 amide bonds. The highest BCUT2D eigenvalue weighted by atomic mass is 32.1. The average molecular weight is 515 g/mol. The summed E-state index contributed by atoms with van der Waals surface area (Å²) in [7, 11) is 0. The molecule has 2 aliphatic carbocycles. The predicted octanol–water partition coefficient (Wildman–Crippen LogP) is 7.03. The van der Waals surface area contributed by atoms with Gasteiger partial charge in [-0.05, 0) is 73.3 Å². The van der Waals surface area contributed by atoms with Crippen molar-refractivity contribution in [3.8, 4) is 10.4 Å². The quantitative estimate of drug-likeness (QED) is 0.416. The molecule has 0 radical (unpaired) electrons. The van der Waals surface area contributed by atoms with Crippen LogP contribution in [0.1, 0.15) is 106 Å². The number of carbonyl (C=O) groups is 2. The standard InChI is InChI=1S/C29H39FN2O3S/c1-28(2,3)20-12-18(13-21(16-20)29(4,5)30)24-23(11-17-9-7-6-8-10-17)32-26(36-24)25(33)31-22-14-19(15-22)27(34)35/h12-13,16-17,19,22H,6-11,14-15H2,1-5H3,(H,31,33)(H,34,35)/t19-,22-. The van der Waals surface area contributed by atoms with Crippen molar-refractivity contribution in [2.75, 3.05) is 0 Å². The molecule has 0 spiro atoms. The number of carboxylic acids is 1. The highest BCUT2D eigenvalue weighted by Crippen LogP contribution is 2.40. The number of carbonyl (C=O) groups excluding carboxylic acids is 1. The van der Waals surface area contributed by atoms with Crippen LogP contribution in [0.3, 0.4) is 0 Å². The summed E-state index contributed by atoms with van der Waals surface area (Å²) in [5, 5.41) is 12.5. The minimum Gasteiger partial charge on any atom is -0.481 e. The van der Waals surface area contributed by atoms with Crippen LogP contribution < -0.4 is 5.32 Å². The van der Waals surface area contributed by atoms with Crippen molar-refractivity contribution < 1.29 is 19.1 Å². The number of nitrogens with one attached hydrogen (secondary N) is 1. The number of nitrogens with zero attached hydrogens (tertiary/aromatic N) is 1.